The molecule has 2 aromatic rings. The number of carbonyl (C=O) groups excluding carboxylic acids is 1. The number of aryl methyl sites for hydroxylation is 1. The predicted molar refractivity (Wildman–Crippen MR) is 104 cm³/mol. The van der Waals surface area contributed by atoms with Gasteiger partial charge in [-0.2, -0.15) is 0 Å². The average Bonchev–Trinajstić information content (AvgIpc) is 3.02. The summed E-state index contributed by atoms with van der Waals surface area (Å²) in [4.78, 5) is 17.5. The molecule has 0 aliphatic carbocycles. The van der Waals surface area contributed by atoms with Gasteiger partial charge in [0, 0.05) is 0 Å². The van der Waals surface area contributed by atoms with E-state index in [0.717, 1.165) is 29.0 Å². The Morgan fingerprint density at radius 3 is 2.40 bits per heavy atom. The van der Waals surface area contributed by atoms with Crippen molar-refractivity contribution in [2.45, 2.75) is 20.3 Å². The maximum atomic E-state index is 12.3. The summed E-state index contributed by atoms with van der Waals surface area (Å²) < 4.78 is 5.18. The summed E-state index contributed by atoms with van der Waals surface area (Å²) in [6, 6.07) is 15.7. The second-order valence-corrected chi connectivity index (χ2v) is 6.67. The molecule has 3 rings (SSSR count). The molecule has 0 saturated carbocycles. The van der Waals surface area contributed by atoms with E-state index in [9.17, 15) is 4.79 Å². The molecule has 5 heteroatoms. The topological polar surface area (TPSA) is 50.7 Å². The van der Waals surface area contributed by atoms with Gasteiger partial charge in [-0.25, -0.2) is 4.99 Å². The van der Waals surface area contributed by atoms with Crippen LogP contribution in [-0.2, 0) is 11.2 Å². The van der Waals surface area contributed by atoms with Gasteiger partial charge in [0.1, 0.15) is 5.75 Å². The van der Waals surface area contributed by atoms with Crippen molar-refractivity contribution in [1.29, 1.82) is 0 Å². The highest BCUT2D eigenvalue weighted by Crippen LogP contribution is 2.33. The molecule has 0 unspecified atom stereocenters. The fourth-order valence-electron chi connectivity index (χ4n) is 2.52. The Kier molecular flexibility index (Phi) is 5.24. The normalized spacial score (nSPS) is 17.6. The fourth-order valence-corrected chi connectivity index (χ4v) is 3.42. The third-order valence-electron chi connectivity index (χ3n) is 4.06. The highest BCUT2D eigenvalue weighted by atomic mass is 32.2. The van der Waals surface area contributed by atoms with Crippen LogP contribution in [0.3, 0.4) is 0 Å². The summed E-state index contributed by atoms with van der Waals surface area (Å²) in [5, 5.41) is 3.45. The largest absolute Gasteiger partial charge is 0.497 e. The first-order valence-electron chi connectivity index (χ1n) is 8.13. The van der Waals surface area contributed by atoms with Gasteiger partial charge in [-0.05, 0) is 66.1 Å². The molecule has 0 aromatic heterocycles. The van der Waals surface area contributed by atoms with Crippen molar-refractivity contribution in [1.82, 2.24) is 5.32 Å². The number of aliphatic imine (C=N–C) groups is 1. The van der Waals surface area contributed by atoms with E-state index in [4.69, 9.17) is 4.74 Å². The molecule has 0 spiro atoms. The summed E-state index contributed by atoms with van der Waals surface area (Å²) in [7, 11) is 1.64. The molecule has 0 radical (unpaired) electrons. The van der Waals surface area contributed by atoms with E-state index in [-0.39, 0.29) is 5.91 Å². The quantitative estimate of drug-likeness (QED) is 0.822. The highest BCUT2D eigenvalue weighted by Gasteiger charge is 2.26. The molecule has 1 fully saturated rings. The van der Waals surface area contributed by atoms with Gasteiger partial charge in [0.25, 0.3) is 5.91 Å². The van der Waals surface area contributed by atoms with Crippen molar-refractivity contribution in [2.24, 2.45) is 4.99 Å². The predicted octanol–water partition coefficient (Wildman–Crippen LogP) is 4.54. The number of amidine groups is 1. The summed E-state index contributed by atoms with van der Waals surface area (Å²) in [5.74, 6) is 0.685. The molecule has 0 atom stereocenters. The third-order valence-corrected chi connectivity index (χ3v) is 5.15. The van der Waals surface area contributed by atoms with Crippen LogP contribution in [0.25, 0.3) is 5.57 Å². The van der Waals surface area contributed by atoms with Gasteiger partial charge >= 0.3 is 0 Å². The number of ether oxygens (including phenoxy) is 1. The van der Waals surface area contributed by atoms with Crippen LogP contribution < -0.4 is 10.1 Å². The first kappa shape index (κ1) is 17.3. The minimum absolute atomic E-state index is 0.109. The van der Waals surface area contributed by atoms with Crippen molar-refractivity contribution < 1.29 is 9.53 Å². The molecule has 1 aliphatic heterocycles. The first-order chi connectivity index (χ1) is 12.1. The Balaban J connectivity index is 1.83. The van der Waals surface area contributed by atoms with Crippen LogP contribution in [-0.4, -0.2) is 18.2 Å². The Morgan fingerprint density at radius 2 is 1.80 bits per heavy atom. The number of rotatable bonds is 4. The van der Waals surface area contributed by atoms with Crippen molar-refractivity contribution in [3.63, 3.8) is 0 Å². The molecule has 1 N–H and O–H groups in total. The monoisotopic (exact) mass is 352 g/mol. The number of nitrogens with zero attached hydrogens (tertiary/aromatic N) is 1. The molecule has 25 heavy (non-hydrogen) atoms. The van der Waals surface area contributed by atoms with E-state index in [1.54, 1.807) is 7.11 Å². The lowest BCUT2D eigenvalue weighted by Crippen LogP contribution is -2.19. The van der Waals surface area contributed by atoms with E-state index in [2.05, 4.69) is 29.4 Å². The zero-order chi connectivity index (χ0) is 17.8. The number of nitrogens with one attached hydrogen (secondary N) is 1. The number of carbonyl (C=O) groups is 1. The summed E-state index contributed by atoms with van der Waals surface area (Å²) in [6.07, 6.45) is 0.996. The zero-order valence-electron chi connectivity index (χ0n) is 14.5. The van der Waals surface area contributed by atoms with Crippen LogP contribution in [0, 0.1) is 0 Å². The summed E-state index contributed by atoms with van der Waals surface area (Å²) in [6.45, 7) is 4.07. The van der Waals surface area contributed by atoms with Gasteiger partial charge < -0.3 is 10.1 Å². The van der Waals surface area contributed by atoms with E-state index < -0.39 is 0 Å². The van der Waals surface area contributed by atoms with Crippen LogP contribution >= 0.6 is 11.8 Å². The standard InChI is InChI=1S/C20H20N2O2S/c1-4-14-5-9-16(10-6-14)21-20-22-19(23)18(25-20)13(2)15-7-11-17(24-3)12-8-15/h5-12H,4H2,1-3H3,(H,21,22,23)/b18-13-. The molecule has 1 heterocycles. The molecule has 0 bridgehead atoms. The van der Waals surface area contributed by atoms with Gasteiger partial charge in [0.05, 0.1) is 17.7 Å². The molecule has 1 saturated heterocycles. The fraction of sp³-hybridized carbons (Fsp3) is 0.200. The van der Waals surface area contributed by atoms with E-state index >= 15 is 0 Å². The number of hydrogen-bond donors (Lipinski definition) is 1. The molecular formula is C20H20N2O2S. The molecular weight excluding hydrogens is 332 g/mol. The van der Waals surface area contributed by atoms with Crippen molar-refractivity contribution in [3.8, 4) is 5.75 Å². The molecule has 128 valence electrons. The van der Waals surface area contributed by atoms with Crippen molar-refractivity contribution in [3.05, 3.63) is 64.6 Å². The summed E-state index contributed by atoms with van der Waals surface area (Å²) in [5.41, 5.74) is 4.02. The van der Waals surface area contributed by atoms with E-state index in [1.165, 1.54) is 17.3 Å². The SMILES string of the molecule is CCc1ccc(N=C2NC(=O)/C(=C(\C)c3ccc(OC)cc3)S2)cc1. The Labute approximate surface area is 152 Å². The van der Waals surface area contributed by atoms with Gasteiger partial charge in [0.15, 0.2) is 5.17 Å². The smallest absolute Gasteiger partial charge is 0.264 e. The van der Waals surface area contributed by atoms with Gasteiger partial charge in [-0.3, -0.25) is 4.79 Å². The maximum absolute atomic E-state index is 12.3. The molecule has 4 nitrogen and oxygen atoms in total. The lowest BCUT2D eigenvalue weighted by molar-refractivity contribution is -0.115. The second-order valence-electron chi connectivity index (χ2n) is 5.68. The number of hydrogen-bond acceptors (Lipinski definition) is 4. The van der Waals surface area contributed by atoms with Crippen molar-refractivity contribution >= 4 is 34.1 Å². The van der Waals surface area contributed by atoms with Crippen LogP contribution in [0.2, 0.25) is 0 Å². The average molecular weight is 352 g/mol. The van der Waals surface area contributed by atoms with Crippen LogP contribution in [0.1, 0.15) is 25.0 Å². The maximum Gasteiger partial charge on any atom is 0.264 e. The Hall–Kier alpha value is -2.53. The zero-order valence-corrected chi connectivity index (χ0v) is 15.3. The lowest BCUT2D eigenvalue weighted by atomic mass is 10.1. The van der Waals surface area contributed by atoms with Crippen LogP contribution in [0.4, 0.5) is 5.69 Å². The lowest BCUT2D eigenvalue weighted by Gasteiger charge is -2.05. The minimum Gasteiger partial charge on any atom is -0.497 e. The van der Waals surface area contributed by atoms with Gasteiger partial charge in [0.2, 0.25) is 0 Å². The number of allylic oxidation sites excluding steroid dienone is 1. The highest BCUT2D eigenvalue weighted by molar-refractivity contribution is 8.18. The first-order valence-corrected chi connectivity index (χ1v) is 8.94. The van der Waals surface area contributed by atoms with Crippen molar-refractivity contribution in [2.75, 3.05) is 7.11 Å². The minimum atomic E-state index is -0.109. The number of methoxy groups -OCH3 is 1. The van der Waals surface area contributed by atoms with Crippen LogP contribution in [0.15, 0.2) is 58.4 Å². The molecule has 1 aliphatic rings. The van der Waals surface area contributed by atoms with E-state index in [0.29, 0.717) is 10.1 Å². The molecule has 1 amide bonds. The van der Waals surface area contributed by atoms with Gasteiger partial charge in [-0.1, -0.05) is 31.2 Å². The van der Waals surface area contributed by atoms with Crippen LogP contribution in [0.5, 0.6) is 5.75 Å². The number of thioether (sulfide) groups is 1. The number of benzene rings is 2. The third kappa shape index (κ3) is 3.94. The summed E-state index contributed by atoms with van der Waals surface area (Å²) >= 11 is 1.37. The van der Waals surface area contributed by atoms with Gasteiger partial charge in [-0.15, -0.1) is 0 Å². The second kappa shape index (κ2) is 7.57. The van der Waals surface area contributed by atoms with E-state index in [1.807, 2.05) is 43.3 Å². The Morgan fingerprint density at radius 1 is 1.12 bits per heavy atom. The number of amides is 1. The Bertz CT molecular complexity index is 837. The molecule has 2 aromatic carbocycles.